The Balaban J connectivity index is 2.38. The van der Waals surface area contributed by atoms with E-state index in [9.17, 15) is 0 Å². The highest BCUT2D eigenvalue weighted by molar-refractivity contribution is 5.31. The van der Waals surface area contributed by atoms with Crippen molar-refractivity contribution >= 4 is 0 Å². The molecule has 0 aliphatic rings. The van der Waals surface area contributed by atoms with Crippen molar-refractivity contribution in [3.63, 3.8) is 0 Å². The summed E-state index contributed by atoms with van der Waals surface area (Å²) in [4.78, 5) is 0. The summed E-state index contributed by atoms with van der Waals surface area (Å²) in [5.41, 5.74) is 5.52. The molecule has 0 aliphatic heterocycles. The van der Waals surface area contributed by atoms with E-state index in [2.05, 4.69) is 13.8 Å². The van der Waals surface area contributed by atoms with E-state index in [4.69, 9.17) is 15.2 Å². The molecule has 16 heavy (non-hydrogen) atoms. The molecule has 3 nitrogen and oxygen atoms in total. The minimum Gasteiger partial charge on any atom is -0.494 e. The largest absolute Gasteiger partial charge is 0.494 e. The van der Waals surface area contributed by atoms with Crippen LogP contribution >= 0.6 is 0 Å². The summed E-state index contributed by atoms with van der Waals surface area (Å²) in [5.74, 6) is 2.14. The zero-order valence-corrected chi connectivity index (χ0v) is 10.1. The van der Waals surface area contributed by atoms with E-state index >= 15 is 0 Å². The molecule has 0 radical (unpaired) electrons. The summed E-state index contributed by atoms with van der Waals surface area (Å²) in [6, 6.07) is 7.71. The first kappa shape index (κ1) is 12.8. The molecule has 2 N–H and O–H groups in total. The van der Waals surface area contributed by atoms with Crippen molar-refractivity contribution in [2.45, 2.75) is 20.3 Å². The molecule has 0 bridgehead atoms. The van der Waals surface area contributed by atoms with Gasteiger partial charge in [-0.15, -0.1) is 0 Å². The van der Waals surface area contributed by atoms with E-state index in [1.54, 1.807) is 0 Å². The Morgan fingerprint density at radius 1 is 1.12 bits per heavy atom. The van der Waals surface area contributed by atoms with Crippen LogP contribution in [-0.2, 0) is 0 Å². The molecule has 90 valence electrons. The zero-order valence-electron chi connectivity index (χ0n) is 10.1. The van der Waals surface area contributed by atoms with Crippen LogP contribution in [0.2, 0.25) is 0 Å². The van der Waals surface area contributed by atoms with E-state index in [-0.39, 0.29) is 0 Å². The number of hydrogen-bond donors (Lipinski definition) is 1. The molecule has 0 fully saturated rings. The van der Waals surface area contributed by atoms with Gasteiger partial charge in [-0.2, -0.15) is 0 Å². The molecule has 1 aromatic rings. The summed E-state index contributed by atoms with van der Waals surface area (Å²) in [6.45, 7) is 6.22. The third-order valence-corrected chi connectivity index (χ3v) is 2.23. The van der Waals surface area contributed by atoms with Gasteiger partial charge < -0.3 is 15.2 Å². The fourth-order valence-electron chi connectivity index (χ4n) is 1.16. The molecule has 0 amide bonds. The molecule has 3 heteroatoms. The predicted molar refractivity (Wildman–Crippen MR) is 65.9 cm³/mol. The Morgan fingerprint density at radius 3 is 2.19 bits per heavy atom. The Hall–Kier alpha value is -1.22. The van der Waals surface area contributed by atoms with Gasteiger partial charge in [0.2, 0.25) is 0 Å². The van der Waals surface area contributed by atoms with Gasteiger partial charge in [-0.05, 0) is 37.2 Å². The molecular weight excluding hydrogens is 202 g/mol. The molecule has 0 aliphatic carbocycles. The molecule has 0 saturated carbocycles. The van der Waals surface area contributed by atoms with Crippen LogP contribution in [0.3, 0.4) is 0 Å². The highest BCUT2D eigenvalue weighted by atomic mass is 16.5. The van der Waals surface area contributed by atoms with Gasteiger partial charge in [0, 0.05) is 5.92 Å². The van der Waals surface area contributed by atoms with Crippen LogP contribution in [-0.4, -0.2) is 19.8 Å². The first-order chi connectivity index (χ1) is 7.76. The third kappa shape index (κ3) is 4.53. The Bertz CT molecular complexity index is 284. The maximum Gasteiger partial charge on any atom is 0.119 e. The number of nitrogens with two attached hydrogens (primary N) is 1. The van der Waals surface area contributed by atoms with Crippen molar-refractivity contribution in [2.75, 3.05) is 19.8 Å². The summed E-state index contributed by atoms with van der Waals surface area (Å²) in [5, 5.41) is 0. The molecule has 0 saturated heterocycles. The topological polar surface area (TPSA) is 44.5 Å². The van der Waals surface area contributed by atoms with Gasteiger partial charge in [0.25, 0.3) is 0 Å². The van der Waals surface area contributed by atoms with Crippen molar-refractivity contribution < 1.29 is 9.47 Å². The molecular formula is C13H21NO2. The van der Waals surface area contributed by atoms with Crippen molar-refractivity contribution in [3.05, 3.63) is 24.3 Å². The maximum atomic E-state index is 5.58. The lowest BCUT2D eigenvalue weighted by Gasteiger charge is -2.11. The molecule has 0 aromatic heterocycles. The predicted octanol–water partition coefficient (Wildman–Crippen LogP) is 2.45. The van der Waals surface area contributed by atoms with Crippen molar-refractivity contribution in [1.82, 2.24) is 0 Å². The third-order valence-electron chi connectivity index (χ3n) is 2.23. The van der Waals surface area contributed by atoms with Crippen LogP contribution in [0, 0.1) is 5.92 Å². The fraction of sp³-hybridized carbons (Fsp3) is 0.538. The van der Waals surface area contributed by atoms with Crippen LogP contribution in [0.15, 0.2) is 24.3 Å². The Kier molecular flexibility index (Phi) is 5.72. The Labute approximate surface area is 97.6 Å². The second-order valence-corrected chi connectivity index (χ2v) is 3.97. The fourth-order valence-corrected chi connectivity index (χ4v) is 1.16. The lowest BCUT2D eigenvalue weighted by atomic mass is 10.2. The molecule has 0 heterocycles. The number of rotatable bonds is 7. The SMILES string of the molecule is CCCOc1ccc(OCC(C)CN)cc1. The van der Waals surface area contributed by atoms with Gasteiger partial charge in [0.15, 0.2) is 0 Å². The van der Waals surface area contributed by atoms with Crippen molar-refractivity contribution in [3.8, 4) is 11.5 Å². The van der Waals surface area contributed by atoms with Gasteiger partial charge in [-0.3, -0.25) is 0 Å². The van der Waals surface area contributed by atoms with E-state index in [1.807, 2.05) is 24.3 Å². The number of ether oxygens (including phenoxy) is 2. The molecule has 0 spiro atoms. The van der Waals surface area contributed by atoms with Crippen LogP contribution in [0.25, 0.3) is 0 Å². The quantitative estimate of drug-likeness (QED) is 0.772. The molecule has 1 aromatic carbocycles. The molecule has 1 rings (SSSR count). The smallest absolute Gasteiger partial charge is 0.119 e. The van der Waals surface area contributed by atoms with Crippen molar-refractivity contribution in [2.24, 2.45) is 11.7 Å². The molecule has 1 atom stereocenters. The second-order valence-electron chi connectivity index (χ2n) is 3.97. The van der Waals surface area contributed by atoms with Gasteiger partial charge >= 0.3 is 0 Å². The van der Waals surface area contributed by atoms with Gasteiger partial charge in [-0.25, -0.2) is 0 Å². The Morgan fingerprint density at radius 2 is 1.69 bits per heavy atom. The zero-order chi connectivity index (χ0) is 11.8. The highest BCUT2D eigenvalue weighted by Crippen LogP contribution is 2.18. The van der Waals surface area contributed by atoms with E-state index in [1.165, 1.54) is 0 Å². The minimum atomic E-state index is 0.385. The lowest BCUT2D eigenvalue weighted by Crippen LogP contribution is -2.18. The van der Waals surface area contributed by atoms with E-state index in [0.29, 0.717) is 19.1 Å². The van der Waals surface area contributed by atoms with E-state index in [0.717, 1.165) is 24.5 Å². The summed E-state index contributed by atoms with van der Waals surface area (Å²) < 4.78 is 11.1. The van der Waals surface area contributed by atoms with Crippen LogP contribution in [0.5, 0.6) is 11.5 Å². The lowest BCUT2D eigenvalue weighted by molar-refractivity contribution is 0.263. The van der Waals surface area contributed by atoms with Gasteiger partial charge in [-0.1, -0.05) is 13.8 Å². The van der Waals surface area contributed by atoms with Gasteiger partial charge in [0.05, 0.1) is 13.2 Å². The normalized spacial score (nSPS) is 12.2. The first-order valence-corrected chi connectivity index (χ1v) is 5.82. The maximum absolute atomic E-state index is 5.58. The second kappa shape index (κ2) is 7.12. The van der Waals surface area contributed by atoms with Crippen LogP contribution in [0.1, 0.15) is 20.3 Å². The summed E-state index contributed by atoms with van der Waals surface area (Å²) >= 11 is 0. The van der Waals surface area contributed by atoms with Crippen LogP contribution in [0.4, 0.5) is 0 Å². The van der Waals surface area contributed by atoms with E-state index < -0.39 is 0 Å². The van der Waals surface area contributed by atoms with Gasteiger partial charge in [0.1, 0.15) is 11.5 Å². The standard InChI is InChI=1S/C13H21NO2/c1-3-8-15-12-4-6-13(7-5-12)16-10-11(2)9-14/h4-7,11H,3,8-10,14H2,1-2H3. The first-order valence-electron chi connectivity index (χ1n) is 5.82. The number of benzene rings is 1. The number of hydrogen-bond acceptors (Lipinski definition) is 3. The summed E-state index contributed by atoms with van der Waals surface area (Å²) in [7, 11) is 0. The highest BCUT2D eigenvalue weighted by Gasteiger charge is 2.00. The van der Waals surface area contributed by atoms with Crippen LogP contribution < -0.4 is 15.2 Å². The average molecular weight is 223 g/mol. The average Bonchev–Trinajstić information content (AvgIpc) is 2.34. The summed E-state index contributed by atoms with van der Waals surface area (Å²) in [6.07, 6.45) is 1.02. The monoisotopic (exact) mass is 223 g/mol. The molecule has 1 unspecified atom stereocenters. The van der Waals surface area contributed by atoms with Crippen molar-refractivity contribution in [1.29, 1.82) is 0 Å². The minimum absolute atomic E-state index is 0.385.